The number of pyridine rings is 1. The van der Waals surface area contributed by atoms with Gasteiger partial charge in [-0.25, -0.2) is 22.5 Å². The van der Waals surface area contributed by atoms with Crippen LogP contribution in [0.2, 0.25) is 0 Å². The molecular formula is C18H28N4O3S. The first-order chi connectivity index (χ1) is 12.0. The molecule has 0 saturated carbocycles. The monoisotopic (exact) mass is 380 g/mol. The lowest BCUT2D eigenvalue weighted by Gasteiger charge is -2.30. The minimum absolute atomic E-state index is 0.0177. The smallest absolute Gasteiger partial charge is 0.290 e. The second kappa shape index (κ2) is 6.49. The molecule has 144 valence electrons. The number of aromatic nitrogens is 3. The van der Waals surface area contributed by atoms with Gasteiger partial charge in [0.2, 0.25) is 10.0 Å². The highest BCUT2D eigenvalue weighted by atomic mass is 32.2. The molecule has 1 aliphatic rings. The van der Waals surface area contributed by atoms with Crippen LogP contribution in [0.25, 0.3) is 11.2 Å². The van der Waals surface area contributed by atoms with Crippen molar-refractivity contribution in [3.8, 4) is 0 Å². The summed E-state index contributed by atoms with van der Waals surface area (Å²) in [5.74, 6) is 0.0592. The third kappa shape index (κ3) is 3.71. The summed E-state index contributed by atoms with van der Waals surface area (Å²) in [6, 6.07) is 3.89. The molecule has 2 aromatic rings. The first-order valence-electron chi connectivity index (χ1n) is 8.99. The van der Waals surface area contributed by atoms with Gasteiger partial charge >= 0.3 is 5.69 Å². The maximum Gasteiger partial charge on any atom is 0.330 e. The van der Waals surface area contributed by atoms with E-state index in [1.54, 1.807) is 16.2 Å². The third-order valence-electron chi connectivity index (χ3n) is 4.91. The quantitative estimate of drug-likeness (QED) is 0.815. The molecule has 0 aliphatic carbocycles. The van der Waals surface area contributed by atoms with Crippen molar-refractivity contribution in [3.63, 3.8) is 0 Å². The molecule has 3 heterocycles. The van der Waals surface area contributed by atoms with E-state index in [0.717, 1.165) is 24.1 Å². The standard InChI is InChI=1S/C18H28N4O3S/c1-18(2,3)12-22-15-9-8-14(19-16(15)20(4)17(22)23)13-7-6-10-21(11-13)26(5,24)25/h8-9,13H,6-7,10-12H2,1-5H3. The van der Waals surface area contributed by atoms with Crippen molar-refractivity contribution in [2.75, 3.05) is 19.3 Å². The number of sulfonamides is 1. The summed E-state index contributed by atoms with van der Waals surface area (Å²) in [7, 11) is -1.45. The Bertz CT molecular complexity index is 982. The van der Waals surface area contributed by atoms with Crippen LogP contribution < -0.4 is 5.69 Å². The zero-order valence-electron chi connectivity index (χ0n) is 16.2. The van der Waals surface area contributed by atoms with E-state index in [1.165, 1.54) is 10.6 Å². The number of fused-ring (bicyclic) bond motifs is 1. The number of hydrogen-bond acceptors (Lipinski definition) is 4. The normalized spacial score (nSPS) is 20.0. The van der Waals surface area contributed by atoms with Crippen LogP contribution >= 0.6 is 0 Å². The van der Waals surface area contributed by atoms with Crippen LogP contribution in [-0.2, 0) is 23.6 Å². The average Bonchev–Trinajstić information content (AvgIpc) is 2.77. The summed E-state index contributed by atoms with van der Waals surface area (Å²) < 4.78 is 28.6. The van der Waals surface area contributed by atoms with Gasteiger partial charge in [-0.1, -0.05) is 20.8 Å². The van der Waals surface area contributed by atoms with Gasteiger partial charge < -0.3 is 0 Å². The molecule has 7 nitrogen and oxygen atoms in total. The Labute approximate surface area is 154 Å². The molecule has 0 bridgehead atoms. The van der Waals surface area contributed by atoms with Crippen molar-refractivity contribution in [1.29, 1.82) is 0 Å². The zero-order chi connectivity index (χ0) is 19.3. The topological polar surface area (TPSA) is 77.2 Å². The van der Waals surface area contributed by atoms with Gasteiger partial charge in [0.15, 0.2) is 5.65 Å². The van der Waals surface area contributed by atoms with Crippen molar-refractivity contribution in [1.82, 2.24) is 18.4 Å². The van der Waals surface area contributed by atoms with Gasteiger partial charge in [0, 0.05) is 38.3 Å². The maximum absolute atomic E-state index is 12.6. The number of nitrogens with zero attached hydrogens (tertiary/aromatic N) is 4. The van der Waals surface area contributed by atoms with E-state index in [1.807, 2.05) is 12.1 Å². The van der Waals surface area contributed by atoms with Crippen LogP contribution in [0.15, 0.2) is 16.9 Å². The van der Waals surface area contributed by atoms with E-state index >= 15 is 0 Å². The number of aryl methyl sites for hydroxylation is 1. The number of imidazole rings is 1. The van der Waals surface area contributed by atoms with Gasteiger partial charge in [-0.3, -0.25) is 9.13 Å². The number of rotatable bonds is 3. The predicted molar refractivity (Wildman–Crippen MR) is 103 cm³/mol. The van der Waals surface area contributed by atoms with Gasteiger partial charge in [-0.15, -0.1) is 0 Å². The summed E-state index contributed by atoms with van der Waals surface area (Å²) in [5.41, 5.74) is 2.26. The molecule has 1 saturated heterocycles. The number of piperidine rings is 1. The molecule has 1 unspecified atom stereocenters. The van der Waals surface area contributed by atoms with Crippen molar-refractivity contribution in [3.05, 3.63) is 28.3 Å². The molecule has 8 heteroatoms. The number of hydrogen-bond donors (Lipinski definition) is 0. The van der Waals surface area contributed by atoms with Crippen LogP contribution in [0.4, 0.5) is 0 Å². The molecule has 0 spiro atoms. The molecule has 3 rings (SSSR count). The summed E-state index contributed by atoms with van der Waals surface area (Å²) in [6.07, 6.45) is 2.98. The Morgan fingerprint density at radius 1 is 1.27 bits per heavy atom. The molecular weight excluding hydrogens is 352 g/mol. The van der Waals surface area contributed by atoms with E-state index < -0.39 is 10.0 Å². The van der Waals surface area contributed by atoms with Crippen molar-refractivity contribution < 1.29 is 8.42 Å². The minimum atomic E-state index is -3.19. The van der Waals surface area contributed by atoms with E-state index in [0.29, 0.717) is 25.3 Å². The Morgan fingerprint density at radius 2 is 1.96 bits per heavy atom. The minimum Gasteiger partial charge on any atom is -0.290 e. The van der Waals surface area contributed by atoms with Crippen LogP contribution in [-0.4, -0.2) is 46.2 Å². The fourth-order valence-electron chi connectivity index (χ4n) is 3.63. The Hall–Kier alpha value is -1.67. The molecule has 0 aromatic carbocycles. The van der Waals surface area contributed by atoms with Crippen LogP contribution in [0, 0.1) is 5.41 Å². The van der Waals surface area contributed by atoms with Gasteiger partial charge in [-0.2, -0.15) is 0 Å². The summed E-state index contributed by atoms with van der Waals surface area (Å²) in [5, 5.41) is 0. The van der Waals surface area contributed by atoms with Gasteiger partial charge in [-0.05, 0) is 30.4 Å². The van der Waals surface area contributed by atoms with Crippen LogP contribution in [0.1, 0.15) is 45.2 Å². The van der Waals surface area contributed by atoms with Crippen molar-refractivity contribution in [2.45, 2.75) is 46.1 Å². The van der Waals surface area contributed by atoms with Crippen molar-refractivity contribution in [2.24, 2.45) is 12.5 Å². The van der Waals surface area contributed by atoms with Gasteiger partial charge in [0.1, 0.15) is 0 Å². The Balaban J connectivity index is 2.00. The Kier molecular flexibility index (Phi) is 4.77. The van der Waals surface area contributed by atoms with Crippen LogP contribution in [0.3, 0.4) is 0 Å². The molecule has 1 atom stereocenters. The van der Waals surface area contributed by atoms with Crippen molar-refractivity contribution >= 4 is 21.2 Å². The fourth-order valence-corrected chi connectivity index (χ4v) is 4.54. The lowest BCUT2D eigenvalue weighted by atomic mass is 9.95. The van der Waals surface area contributed by atoms with Gasteiger partial charge in [0.25, 0.3) is 0 Å². The zero-order valence-corrected chi connectivity index (χ0v) is 17.0. The first-order valence-corrected chi connectivity index (χ1v) is 10.8. The van der Waals surface area contributed by atoms with E-state index in [4.69, 9.17) is 4.98 Å². The second-order valence-corrected chi connectivity index (χ2v) is 10.5. The van der Waals surface area contributed by atoms with E-state index in [2.05, 4.69) is 20.8 Å². The third-order valence-corrected chi connectivity index (χ3v) is 6.18. The molecule has 0 amide bonds. The summed E-state index contributed by atoms with van der Waals surface area (Å²) in [4.78, 5) is 17.4. The molecule has 0 N–H and O–H groups in total. The van der Waals surface area contributed by atoms with E-state index in [-0.39, 0.29) is 17.0 Å². The van der Waals surface area contributed by atoms with Gasteiger partial charge in [0.05, 0.1) is 11.8 Å². The highest BCUT2D eigenvalue weighted by Gasteiger charge is 2.28. The summed E-state index contributed by atoms with van der Waals surface area (Å²) in [6.45, 7) is 7.94. The maximum atomic E-state index is 12.6. The summed E-state index contributed by atoms with van der Waals surface area (Å²) >= 11 is 0. The largest absolute Gasteiger partial charge is 0.330 e. The molecule has 2 aromatic heterocycles. The van der Waals surface area contributed by atoms with Crippen LogP contribution in [0.5, 0.6) is 0 Å². The second-order valence-electron chi connectivity index (χ2n) is 8.53. The molecule has 0 radical (unpaired) electrons. The molecule has 1 aliphatic heterocycles. The molecule has 26 heavy (non-hydrogen) atoms. The first kappa shape index (κ1) is 19.1. The highest BCUT2D eigenvalue weighted by molar-refractivity contribution is 7.88. The fraction of sp³-hybridized carbons (Fsp3) is 0.667. The lowest BCUT2D eigenvalue weighted by Crippen LogP contribution is -2.38. The molecule has 1 fully saturated rings. The SMILES string of the molecule is Cn1c(=O)n(CC(C)(C)C)c2ccc(C3CCCN(S(C)(=O)=O)C3)nc21. The highest BCUT2D eigenvalue weighted by Crippen LogP contribution is 2.28. The predicted octanol–water partition coefficient (Wildman–Crippen LogP) is 1.92. The Morgan fingerprint density at radius 3 is 2.58 bits per heavy atom. The lowest BCUT2D eigenvalue weighted by molar-refractivity contribution is 0.315. The average molecular weight is 381 g/mol. The van der Waals surface area contributed by atoms with E-state index in [9.17, 15) is 13.2 Å².